The first-order valence-electron chi connectivity index (χ1n) is 7.61. The lowest BCUT2D eigenvalue weighted by Gasteiger charge is -2.15. The van der Waals surface area contributed by atoms with Gasteiger partial charge in [-0.25, -0.2) is 0 Å². The number of nitrogens with zero attached hydrogens (tertiary/aromatic N) is 1. The number of aryl methyl sites for hydroxylation is 1. The van der Waals surface area contributed by atoms with Crippen molar-refractivity contribution in [3.8, 4) is 0 Å². The molecule has 118 valence electrons. The molecule has 1 aromatic heterocycles. The molecule has 0 unspecified atom stereocenters. The average molecular weight is 301 g/mol. The van der Waals surface area contributed by atoms with Crippen molar-refractivity contribution in [2.24, 2.45) is 5.92 Å². The molecule has 1 atom stereocenters. The van der Waals surface area contributed by atoms with Crippen molar-refractivity contribution in [3.63, 3.8) is 0 Å². The van der Waals surface area contributed by atoms with E-state index in [-0.39, 0.29) is 12.5 Å². The van der Waals surface area contributed by atoms with Crippen molar-refractivity contribution in [3.05, 3.63) is 53.3 Å². The van der Waals surface area contributed by atoms with E-state index in [2.05, 4.69) is 29.4 Å². The molecule has 0 aliphatic heterocycles. The van der Waals surface area contributed by atoms with Crippen LogP contribution < -0.4 is 5.32 Å². The molecular formula is C17H23N3O2. The number of benzene rings is 1. The van der Waals surface area contributed by atoms with Gasteiger partial charge in [0.25, 0.3) is 5.91 Å². The Morgan fingerprint density at radius 2 is 2.05 bits per heavy atom. The molecular weight excluding hydrogens is 278 g/mol. The van der Waals surface area contributed by atoms with Crippen molar-refractivity contribution in [2.45, 2.75) is 32.7 Å². The van der Waals surface area contributed by atoms with E-state index in [1.54, 1.807) is 6.07 Å². The molecule has 0 radical (unpaired) electrons. The molecule has 1 amide bonds. The Hall–Kier alpha value is -2.14. The van der Waals surface area contributed by atoms with Gasteiger partial charge in [0.05, 0.1) is 12.6 Å². The number of aliphatic hydroxyl groups excluding tert-OH is 1. The smallest absolute Gasteiger partial charge is 0.272 e. The summed E-state index contributed by atoms with van der Waals surface area (Å²) in [6.07, 6.45) is 1.92. The number of aromatic nitrogens is 2. The fraction of sp³-hybridized carbons (Fsp3) is 0.412. The average Bonchev–Trinajstić information content (AvgIpc) is 3.00. The molecule has 5 heteroatoms. The molecule has 0 bridgehead atoms. The molecule has 0 spiro atoms. The third-order valence-corrected chi connectivity index (χ3v) is 3.54. The van der Waals surface area contributed by atoms with Gasteiger partial charge in [-0.1, -0.05) is 44.2 Å². The van der Waals surface area contributed by atoms with Crippen molar-refractivity contribution < 1.29 is 9.90 Å². The number of H-pyrrole nitrogens is 1. The van der Waals surface area contributed by atoms with E-state index >= 15 is 0 Å². The summed E-state index contributed by atoms with van der Waals surface area (Å²) < 4.78 is 0. The lowest BCUT2D eigenvalue weighted by Crippen LogP contribution is -2.31. The summed E-state index contributed by atoms with van der Waals surface area (Å²) >= 11 is 0. The third kappa shape index (κ3) is 4.43. The van der Waals surface area contributed by atoms with Gasteiger partial charge in [0.1, 0.15) is 5.69 Å². The van der Waals surface area contributed by atoms with Crippen LogP contribution in [0.25, 0.3) is 0 Å². The van der Waals surface area contributed by atoms with Crippen LogP contribution in [-0.2, 0) is 6.42 Å². The normalized spacial score (nSPS) is 12.4. The van der Waals surface area contributed by atoms with Crippen LogP contribution in [0.4, 0.5) is 0 Å². The zero-order valence-electron chi connectivity index (χ0n) is 13.0. The number of nitrogens with one attached hydrogen (secondary N) is 2. The van der Waals surface area contributed by atoms with Gasteiger partial charge in [-0.05, 0) is 30.4 Å². The first-order chi connectivity index (χ1) is 10.6. The molecule has 0 aliphatic carbocycles. The molecule has 2 aromatic rings. The van der Waals surface area contributed by atoms with Gasteiger partial charge in [0.15, 0.2) is 0 Å². The topological polar surface area (TPSA) is 78.0 Å². The first kappa shape index (κ1) is 16.2. The zero-order chi connectivity index (χ0) is 15.9. The van der Waals surface area contributed by atoms with E-state index in [9.17, 15) is 9.90 Å². The number of hydrogen-bond acceptors (Lipinski definition) is 3. The lowest BCUT2D eigenvalue weighted by molar-refractivity contribution is 0.0911. The van der Waals surface area contributed by atoms with Crippen LogP contribution in [0.2, 0.25) is 0 Å². The van der Waals surface area contributed by atoms with Gasteiger partial charge in [-0.3, -0.25) is 9.89 Å². The van der Waals surface area contributed by atoms with Gasteiger partial charge in [0, 0.05) is 5.69 Å². The van der Waals surface area contributed by atoms with Crippen LogP contribution in [0.15, 0.2) is 36.4 Å². The van der Waals surface area contributed by atoms with E-state index in [0.717, 1.165) is 24.1 Å². The predicted octanol–water partition coefficient (Wildman–Crippen LogP) is 2.46. The standard InChI is InChI=1S/C17H23N3O2/c1-12(2)8-9-14-10-15(20-19-14)17(22)18-16(11-21)13-6-4-3-5-7-13/h3-7,10,12,16,21H,8-9,11H2,1-2H3,(H,18,22)(H,19,20)/t16-/m0/s1. The highest BCUT2D eigenvalue weighted by atomic mass is 16.3. The number of amides is 1. The second-order valence-electron chi connectivity index (χ2n) is 5.83. The summed E-state index contributed by atoms with van der Waals surface area (Å²) in [5.74, 6) is 0.326. The van der Waals surface area contributed by atoms with E-state index in [1.165, 1.54) is 0 Å². The fourth-order valence-corrected chi connectivity index (χ4v) is 2.20. The van der Waals surface area contributed by atoms with E-state index in [4.69, 9.17) is 0 Å². The Kier molecular flexibility index (Phi) is 5.72. The Morgan fingerprint density at radius 1 is 1.32 bits per heavy atom. The van der Waals surface area contributed by atoms with Gasteiger partial charge in [-0.2, -0.15) is 5.10 Å². The maximum atomic E-state index is 12.2. The number of aliphatic hydroxyl groups is 1. The molecule has 0 saturated heterocycles. The lowest BCUT2D eigenvalue weighted by atomic mass is 10.1. The second kappa shape index (κ2) is 7.75. The van der Waals surface area contributed by atoms with Gasteiger partial charge in [0.2, 0.25) is 0 Å². The van der Waals surface area contributed by atoms with Gasteiger partial charge < -0.3 is 10.4 Å². The first-order valence-corrected chi connectivity index (χ1v) is 7.61. The Bertz CT molecular complexity index is 593. The molecule has 22 heavy (non-hydrogen) atoms. The number of hydrogen-bond donors (Lipinski definition) is 3. The summed E-state index contributed by atoms with van der Waals surface area (Å²) in [4.78, 5) is 12.2. The maximum absolute atomic E-state index is 12.2. The van der Waals surface area contributed by atoms with Crippen LogP contribution in [0, 0.1) is 5.92 Å². The van der Waals surface area contributed by atoms with Gasteiger partial charge >= 0.3 is 0 Å². The molecule has 1 heterocycles. The van der Waals surface area contributed by atoms with Crippen molar-refractivity contribution in [1.29, 1.82) is 0 Å². The molecule has 0 saturated carbocycles. The van der Waals surface area contributed by atoms with Crippen LogP contribution in [0.3, 0.4) is 0 Å². The zero-order valence-corrected chi connectivity index (χ0v) is 13.0. The monoisotopic (exact) mass is 301 g/mol. The number of aromatic amines is 1. The second-order valence-corrected chi connectivity index (χ2v) is 5.83. The van der Waals surface area contributed by atoms with Crippen LogP contribution in [0.5, 0.6) is 0 Å². The molecule has 2 rings (SSSR count). The summed E-state index contributed by atoms with van der Waals surface area (Å²) in [6.45, 7) is 4.17. The highest BCUT2D eigenvalue weighted by molar-refractivity contribution is 5.92. The van der Waals surface area contributed by atoms with Crippen LogP contribution >= 0.6 is 0 Å². The number of carbonyl (C=O) groups is 1. The number of rotatable bonds is 7. The summed E-state index contributed by atoms with van der Waals surface area (Å²) in [6, 6.07) is 10.8. The predicted molar refractivity (Wildman–Crippen MR) is 85.5 cm³/mol. The van der Waals surface area contributed by atoms with Crippen LogP contribution in [0.1, 0.15) is 48.1 Å². The Balaban J connectivity index is 1.99. The third-order valence-electron chi connectivity index (χ3n) is 3.54. The molecule has 0 fully saturated rings. The Labute approximate surface area is 130 Å². The summed E-state index contributed by atoms with van der Waals surface area (Å²) in [5.41, 5.74) is 2.18. The van der Waals surface area contributed by atoms with Gasteiger partial charge in [-0.15, -0.1) is 0 Å². The minimum Gasteiger partial charge on any atom is -0.394 e. The number of carbonyl (C=O) groups excluding carboxylic acids is 1. The Morgan fingerprint density at radius 3 is 2.68 bits per heavy atom. The SMILES string of the molecule is CC(C)CCc1cc(C(=O)N[C@@H](CO)c2ccccc2)n[nH]1. The fourth-order valence-electron chi connectivity index (χ4n) is 2.20. The summed E-state index contributed by atoms with van der Waals surface area (Å²) in [7, 11) is 0. The largest absolute Gasteiger partial charge is 0.394 e. The van der Waals surface area contributed by atoms with E-state index < -0.39 is 6.04 Å². The molecule has 5 nitrogen and oxygen atoms in total. The summed E-state index contributed by atoms with van der Waals surface area (Å²) in [5, 5.41) is 19.2. The minimum absolute atomic E-state index is 0.152. The quantitative estimate of drug-likeness (QED) is 0.735. The van der Waals surface area contributed by atoms with Crippen molar-refractivity contribution in [1.82, 2.24) is 15.5 Å². The van der Waals surface area contributed by atoms with Crippen molar-refractivity contribution >= 4 is 5.91 Å². The minimum atomic E-state index is -0.426. The maximum Gasteiger partial charge on any atom is 0.272 e. The highest BCUT2D eigenvalue weighted by Gasteiger charge is 2.17. The van der Waals surface area contributed by atoms with E-state index in [1.807, 2.05) is 30.3 Å². The molecule has 1 aromatic carbocycles. The van der Waals surface area contributed by atoms with Crippen molar-refractivity contribution in [2.75, 3.05) is 6.61 Å². The highest BCUT2D eigenvalue weighted by Crippen LogP contribution is 2.13. The molecule has 0 aliphatic rings. The van der Waals surface area contributed by atoms with Crippen LogP contribution in [-0.4, -0.2) is 27.8 Å². The molecule has 3 N–H and O–H groups in total. The van der Waals surface area contributed by atoms with E-state index in [0.29, 0.717) is 11.6 Å².